The molecule has 1 saturated heterocycles. The van der Waals surface area contributed by atoms with Crippen LogP contribution in [-0.4, -0.2) is 37.6 Å². The number of rotatable bonds is 3. The third-order valence-electron chi connectivity index (χ3n) is 1.88. The van der Waals surface area contributed by atoms with Gasteiger partial charge in [-0.2, -0.15) is 0 Å². The average molecular weight is 144 g/mol. The SMILES string of the molecule is CC(C)CNC1CN(C)C1.[HH]. The van der Waals surface area contributed by atoms with Crippen molar-refractivity contribution in [3.8, 4) is 0 Å². The number of likely N-dealkylation sites (tertiary alicyclic amines) is 1. The molecule has 0 unspecified atom stereocenters. The monoisotopic (exact) mass is 144 g/mol. The molecule has 1 fully saturated rings. The Morgan fingerprint density at radius 3 is 2.60 bits per heavy atom. The first-order valence-corrected chi connectivity index (χ1v) is 4.10. The molecule has 1 N–H and O–H groups in total. The van der Waals surface area contributed by atoms with Gasteiger partial charge < -0.3 is 10.2 Å². The summed E-state index contributed by atoms with van der Waals surface area (Å²) in [5, 5.41) is 3.51. The minimum Gasteiger partial charge on any atom is -0.311 e. The first-order valence-electron chi connectivity index (χ1n) is 4.10. The van der Waals surface area contributed by atoms with Crippen LogP contribution in [0.15, 0.2) is 0 Å². The summed E-state index contributed by atoms with van der Waals surface area (Å²) < 4.78 is 0. The molecule has 10 heavy (non-hydrogen) atoms. The molecule has 1 aliphatic rings. The predicted molar refractivity (Wildman–Crippen MR) is 46.2 cm³/mol. The van der Waals surface area contributed by atoms with Crippen LogP contribution in [-0.2, 0) is 0 Å². The third kappa shape index (κ3) is 2.27. The van der Waals surface area contributed by atoms with Crippen molar-refractivity contribution >= 4 is 0 Å². The van der Waals surface area contributed by atoms with Crippen LogP contribution >= 0.6 is 0 Å². The van der Waals surface area contributed by atoms with Crippen LogP contribution in [0, 0.1) is 5.92 Å². The van der Waals surface area contributed by atoms with Crippen LogP contribution in [0.4, 0.5) is 0 Å². The van der Waals surface area contributed by atoms with E-state index in [-0.39, 0.29) is 1.43 Å². The zero-order chi connectivity index (χ0) is 7.56. The molecule has 0 aromatic rings. The van der Waals surface area contributed by atoms with Gasteiger partial charge in [0.15, 0.2) is 0 Å². The lowest BCUT2D eigenvalue weighted by Gasteiger charge is -2.37. The lowest BCUT2D eigenvalue weighted by Crippen LogP contribution is -2.56. The Morgan fingerprint density at radius 1 is 1.60 bits per heavy atom. The predicted octanol–water partition coefficient (Wildman–Crippen LogP) is 0.792. The highest BCUT2D eigenvalue weighted by Gasteiger charge is 2.21. The molecule has 0 aliphatic carbocycles. The number of nitrogens with one attached hydrogen (secondary N) is 1. The maximum Gasteiger partial charge on any atom is 0.0322 e. The van der Waals surface area contributed by atoms with Crippen LogP contribution in [0.3, 0.4) is 0 Å². The van der Waals surface area contributed by atoms with Crippen molar-refractivity contribution in [2.24, 2.45) is 5.92 Å². The fourth-order valence-corrected chi connectivity index (χ4v) is 1.23. The molecule has 2 heteroatoms. The smallest absolute Gasteiger partial charge is 0.0322 e. The van der Waals surface area contributed by atoms with Crippen LogP contribution in [0.5, 0.6) is 0 Å². The van der Waals surface area contributed by atoms with Crippen molar-refractivity contribution in [1.82, 2.24) is 10.2 Å². The number of hydrogen-bond acceptors (Lipinski definition) is 2. The third-order valence-corrected chi connectivity index (χ3v) is 1.88. The van der Waals surface area contributed by atoms with Crippen molar-refractivity contribution in [1.29, 1.82) is 0 Å². The summed E-state index contributed by atoms with van der Waals surface area (Å²) in [6.45, 7) is 8.11. The minimum absolute atomic E-state index is 0. The second-order valence-electron chi connectivity index (χ2n) is 3.72. The molecule has 2 nitrogen and oxygen atoms in total. The summed E-state index contributed by atoms with van der Waals surface area (Å²) in [6, 6.07) is 0.771. The normalized spacial score (nSPS) is 21.6. The zero-order valence-electron chi connectivity index (χ0n) is 7.22. The molecule has 1 aliphatic heterocycles. The number of likely N-dealkylation sites (N-methyl/N-ethyl adjacent to an activating group) is 1. The zero-order valence-corrected chi connectivity index (χ0v) is 7.22. The molecule has 1 rings (SSSR count). The van der Waals surface area contributed by atoms with Gasteiger partial charge in [0.25, 0.3) is 0 Å². The standard InChI is InChI=1S/C8H18N2.H2/c1-7(2)4-9-8-5-10(3)6-8;/h7-9H,4-6H2,1-3H3;1H. The topological polar surface area (TPSA) is 15.3 Å². The molecule has 0 spiro atoms. The number of hydrogen-bond donors (Lipinski definition) is 1. The molecule has 0 atom stereocenters. The van der Waals surface area contributed by atoms with E-state index >= 15 is 0 Å². The summed E-state index contributed by atoms with van der Waals surface area (Å²) >= 11 is 0. The summed E-state index contributed by atoms with van der Waals surface area (Å²) in [7, 11) is 2.16. The largest absolute Gasteiger partial charge is 0.311 e. The van der Waals surface area contributed by atoms with Crippen molar-refractivity contribution in [2.45, 2.75) is 19.9 Å². The van der Waals surface area contributed by atoms with Gasteiger partial charge in [-0.05, 0) is 19.5 Å². The lowest BCUT2D eigenvalue weighted by atomic mass is 10.1. The summed E-state index contributed by atoms with van der Waals surface area (Å²) in [5.41, 5.74) is 0. The molecular weight excluding hydrogens is 124 g/mol. The molecule has 0 aromatic heterocycles. The van der Waals surface area contributed by atoms with E-state index < -0.39 is 0 Å². The Labute approximate surface area is 65.1 Å². The molecule has 0 saturated carbocycles. The summed E-state index contributed by atoms with van der Waals surface area (Å²) in [4.78, 5) is 2.33. The Balaban J connectivity index is 0.000001000. The second kappa shape index (κ2) is 3.35. The first-order chi connectivity index (χ1) is 4.68. The average Bonchev–Trinajstić information content (AvgIpc) is 1.77. The quantitative estimate of drug-likeness (QED) is 0.630. The van der Waals surface area contributed by atoms with Crippen molar-refractivity contribution < 1.29 is 1.43 Å². The van der Waals surface area contributed by atoms with Gasteiger partial charge in [0, 0.05) is 20.6 Å². The molecule has 0 radical (unpaired) electrons. The fourth-order valence-electron chi connectivity index (χ4n) is 1.23. The van der Waals surface area contributed by atoms with E-state index in [2.05, 4.69) is 31.1 Å². The van der Waals surface area contributed by atoms with Crippen molar-refractivity contribution in [3.63, 3.8) is 0 Å². The highest BCUT2D eigenvalue weighted by molar-refractivity contribution is 4.83. The van der Waals surface area contributed by atoms with Crippen LogP contribution in [0.25, 0.3) is 0 Å². The Kier molecular flexibility index (Phi) is 2.69. The Bertz CT molecular complexity index is 100. The van der Waals surface area contributed by atoms with Gasteiger partial charge in [0.05, 0.1) is 0 Å². The van der Waals surface area contributed by atoms with E-state index in [1.165, 1.54) is 19.6 Å². The van der Waals surface area contributed by atoms with Gasteiger partial charge in [-0.3, -0.25) is 0 Å². The fraction of sp³-hybridized carbons (Fsp3) is 1.00. The van der Waals surface area contributed by atoms with E-state index in [0.717, 1.165) is 12.0 Å². The van der Waals surface area contributed by atoms with Gasteiger partial charge in [-0.1, -0.05) is 13.8 Å². The van der Waals surface area contributed by atoms with Gasteiger partial charge in [0.2, 0.25) is 0 Å². The van der Waals surface area contributed by atoms with Crippen LogP contribution in [0.2, 0.25) is 0 Å². The highest BCUT2D eigenvalue weighted by atomic mass is 15.2. The molecule has 62 valence electrons. The van der Waals surface area contributed by atoms with Crippen LogP contribution < -0.4 is 5.32 Å². The highest BCUT2D eigenvalue weighted by Crippen LogP contribution is 2.03. The Hall–Kier alpha value is -0.0800. The van der Waals surface area contributed by atoms with E-state index in [9.17, 15) is 0 Å². The molecule has 0 bridgehead atoms. The van der Waals surface area contributed by atoms with E-state index in [1.54, 1.807) is 0 Å². The second-order valence-corrected chi connectivity index (χ2v) is 3.72. The maximum absolute atomic E-state index is 3.51. The van der Waals surface area contributed by atoms with Crippen molar-refractivity contribution in [3.05, 3.63) is 0 Å². The molecular formula is C8H20N2. The van der Waals surface area contributed by atoms with Gasteiger partial charge >= 0.3 is 0 Å². The van der Waals surface area contributed by atoms with E-state index in [0.29, 0.717) is 0 Å². The minimum atomic E-state index is 0. The summed E-state index contributed by atoms with van der Waals surface area (Å²) in [5.74, 6) is 0.783. The first kappa shape index (κ1) is 8.02. The lowest BCUT2D eigenvalue weighted by molar-refractivity contribution is 0.159. The molecule has 1 heterocycles. The van der Waals surface area contributed by atoms with Gasteiger partial charge in [-0.25, -0.2) is 0 Å². The Morgan fingerprint density at radius 2 is 2.20 bits per heavy atom. The number of nitrogens with zero attached hydrogens (tertiary/aromatic N) is 1. The van der Waals surface area contributed by atoms with Gasteiger partial charge in [-0.15, -0.1) is 0 Å². The van der Waals surface area contributed by atoms with E-state index in [4.69, 9.17) is 0 Å². The molecule has 0 aromatic carbocycles. The maximum atomic E-state index is 3.51. The van der Waals surface area contributed by atoms with Crippen molar-refractivity contribution in [2.75, 3.05) is 26.7 Å². The molecule has 0 amide bonds. The van der Waals surface area contributed by atoms with E-state index in [1.807, 2.05) is 0 Å². The van der Waals surface area contributed by atoms with Gasteiger partial charge in [0.1, 0.15) is 0 Å². The summed E-state index contributed by atoms with van der Waals surface area (Å²) in [6.07, 6.45) is 0. The van der Waals surface area contributed by atoms with Crippen LogP contribution in [0.1, 0.15) is 15.3 Å².